The van der Waals surface area contributed by atoms with Gasteiger partial charge in [0, 0.05) is 12.1 Å². The van der Waals surface area contributed by atoms with Gasteiger partial charge < -0.3 is 19.9 Å². The van der Waals surface area contributed by atoms with Gasteiger partial charge in [-0.2, -0.15) is 0 Å². The highest BCUT2D eigenvalue weighted by Crippen LogP contribution is 2.30. The highest BCUT2D eigenvalue weighted by molar-refractivity contribution is 5.43. The molecule has 0 bridgehead atoms. The Kier molecular flexibility index (Phi) is 7.54. The van der Waals surface area contributed by atoms with E-state index in [1.54, 1.807) is 7.11 Å². The van der Waals surface area contributed by atoms with Crippen molar-refractivity contribution in [1.82, 2.24) is 5.32 Å². The van der Waals surface area contributed by atoms with Gasteiger partial charge in [-0.1, -0.05) is 26.8 Å². The smallest absolute Gasteiger partial charge is 0.161 e. The second kappa shape index (κ2) is 8.90. The topological polar surface area (TPSA) is 50.7 Å². The fourth-order valence-corrected chi connectivity index (χ4v) is 2.43. The molecule has 0 amide bonds. The molecule has 0 aliphatic carbocycles. The molecule has 0 radical (unpaired) electrons. The molecule has 2 unspecified atom stereocenters. The molecule has 2 atom stereocenters. The van der Waals surface area contributed by atoms with Gasteiger partial charge >= 0.3 is 0 Å². The van der Waals surface area contributed by atoms with Gasteiger partial charge in [0.1, 0.15) is 6.61 Å². The van der Waals surface area contributed by atoms with Gasteiger partial charge in [-0.3, -0.25) is 0 Å². The van der Waals surface area contributed by atoms with Crippen molar-refractivity contribution in [3.8, 4) is 11.5 Å². The second-order valence-electron chi connectivity index (χ2n) is 5.63. The van der Waals surface area contributed by atoms with E-state index in [1.165, 1.54) is 5.56 Å². The predicted molar refractivity (Wildman–Crippen MR) is 86.0 cm³/mol. The molecule has 0 aliphatic heterocycles. The summed E-state index contributed by atoms with van der Waals surface area (Å²) < 4.78 is 10.8. The summed E-state index contributed by atoms with van der Waals surface area (Å²) in [5.74, 6) is 1.97. The van der Waals surface area contributed by atoms with Gasteiger partial charge in [0.2, 0.25) is 0 Å². The minimum Gasteiger partial charge on any atom is -0.493 e. The molecule has 2 N–H and O–H groups in total. The number of hydrogen-bond acceptors (Lipinski definition) is 4. The van der Waals surface area contributed by atoms with Crippen LogP contribution in [0.5, 0.6) is 11.5 Å². The average Bonchev–Trinajstić information content (AvgIpc) is 2.49. The van der Waals surface area contributed by atoms with E-state index in [2.05, 4.69) is 33.0 Å². The largest absolute Gasteiger partial charge is 0.493 e. The summed E-state index contributed by atoms with van der Waals surface area (Å²) in [6.45, 7) is 9.11. The van der Waals surface area contributed by atoms with Crippen LogP contribution in [-0.2, 0) is 0 Å². The molecule has 0 spiro atoms. The summed E-state index contributed by atoms with van der Waals surface area (Å²) in [5.41, 5.74) is 1.17. The van der Waals surface area contributed by atoms with E-state index in [9.17, 15) is 0 Å². The van der Waals surface area contributed by atoms with E-state index in [4.69, 9.17) is 14.6 Å². The fraction of sp³-hybridized carbons (Fsp3) is 0.647. The Labute approximate surface area is 128 Å². The summed E-state index contributed by atoms with van der Waals surface area (Å²) in [6.07, 6.45) is 1.11. The Morgan fingerprint density at radius 2 is 1.90 bits per heavy atom. The maximum atomic E-state index is 8.84. The van der Waals surface area contributed by atoms with Gasteiger partial charge in [-0.15, -0.1) is 0 Å². The molecule has 0 aromatic heterocycles. The minimum absolute atomic E-state index is 0.00453. The highest BCUT2D eigenvalue weighted by atomic mass is 16.5. The van der Waals surface area contributed by atoms with Crippen molar-refractivity contribution < 1.29 is 14.6 Å². The number of aliphatic hydroxyl groups excluding tert-OH is 1. The second-order valence-corrected chi connectivity index (χ2v) is 5.63. The Balaban J connectivity index is 2.82. The normalized spacial score (nSPS) is 14.0. The first-order valence-corrected chi connectivity index (χ1v) is 7.71. The number of benzene rings is 1. The average molecular weight is 295 g/mol. The number of rotatable bonds is 9. The monoisotopic (exact) mass is 295 g/mol. The first kappa shape index (κ1) is 17.8. The Bertz CT molecular complexity index is 420. The lowest BCUT2D eigenvalue weighted by atomic mass is 9.99. The zero-order valence-corrected chi connectivity index (χ0v) is 13.8. The Hall–Kier alpha value is -1.26. The number of ether oxygens (including phenoxy) is 2. The molecule has 1 rings (SSSR count). The summed E-state index contributed by atoms with van der Waals surface area (Å²) in [5, 5.41) is 12.5. The zero-order chi connectivity index (χ0) is 15.8. The van der Waals surface area contributed by atoms with Crippen molar-refractivity contribution in [2.45, 2.75) is 46.2 Å². The standard InChI is InChI=1S/C17H29NO3/c1-6-15(12(2)3)18-13(4)14-7-8-16(21-10-9-19)17(11-14)20-5/h7-8,11-13,15,18-19H,6,9-10H2,1-5H3. The van der Waals surface area contributed by atoms with E-state index in [-0.39, 0.29) is 19.3 Å². The molecule has 0 saturated carbocycles. The van der Waals surface area contributed by atoms with Gasteiger partial charge in [-0.05, 0) is 37.0 Å². The van der Waals surface area contributed by atoms with Crippen LogP contribution in [0.4, 0.5) is 0 Å². The van der Waals surface area contributed by atoms with Crippen LogP contribution < -0.4 is 14.8 Å². The van der Waals surface area contributed by atoms with Crippen LogP contribution >= 0.6 is 0 Å². The highest BCUT2D eigenvalue weighted by Gasteiger charge is 2.16. The molecule has 4 heteroatoms. The SMILES string of the molecule is CCC(NC(C)c1ccc(OCCO)c(OC)c1)C(C)C. The van der Waals surface area contributed by atoms with Crippen LogP contribution in [0, 0.1) is 5.92 Å². The van der Waals surface area contributed by atoms with Crippen molar-refractivity contribution in [2.75, 3.05) is 20.3 Å². The number of nitrogens with one attached hydrogen (secondary N) is 1. The zero-order valence-electron chi connectivity index (χ0n) is 13.8. The van der Waals surface area contributed by atoms with Crippen molar-refractivity contribution in [3.63, 3.8) is 0 Å². The van der Waals surface area contributed by atoms with E-state index in [0.29, 0.717) is 23.5 Å². The van der Waals surface area contributed by atoms with E-state index >= 15 is 0 Å². The van der Waals surface area contributed by atoms with E-state index in [0.717, 1.165) is 6.42 Å². The summed E-state index contributed by atoms with van der Waals surface area (Å²) in [7, 11) is 1.63. The van der Waals surface area contributed by atoms with Gasteiger partial charge in [0.15, 0.2) is 11.5 Å². The Morgan fingerprint density at radius 3 is 2.43 bits per heavy atom. The lowest BCUT2D eigenvalue weighted by molar-refractivity contribution is 0.196. The Morgan fingerprint density at radius 1 is 1.19 bits per heavy atom. The van der Waals surface area contributed by atoms with Crippen molar-refractivity contribution in [2.24, 2.45) is 5.92 Å². The fourth-order valence-electron chi connectivity index (χ4n) is 2.43. The molecule has 0 heterocycles. The van der Waals surface area contributed by atoms with E-state index < -0.39 is 0 Å². The molecular formula is C17H29NO3. The van der Waals surface area contributed by atoms with Crippen LogP contribution in [-0.4, -0.2) is 31.5 Å². The third-order valence-electron chi connectivity index (χ3n) is 3.75. The molecular weight excluding hydrogens is 266 g/mol. The van der Waals surface area contributed by atoms with Gasteiger partial charge in [0.05, 0.1) is 13.7 Å². The number of methoxy groups -OCH3 is 1. The van der Waals surface area contributed by atoms with Crippen molar-refractivity contribution >= 4 is 0 Å². The molecule has 21 heavy (non-hydrogen) atoms. The van der Waals surface area contributed by atoms with E-state index in [1.807, 2.05) is 18.2 Å². The lowest BCUT2D eigenvalue weighted by Gasteiger charge is -2.26. The number of aliphatic hydroxyl groups is 1. The maximum absolute atomic E-state index is 8.84. The molecule has 0 fully saturated rings. The quantitative estimate of drug-likeness (QED) is 0.735. The minimum atomic E-state index is -0.00453. The van der Waals surface area contributed by atoms with Gasteiger partial charge in [-0.25, -0.2) is 0 Å². The lowest BCUT2D eigenvalue weighted by Crippen LogP contribution is -2.35. The van der Waals surface area contributed by atoms with Gasteiger partial charge in [0.25, 0.3) is 0 Å². The molecule has 0 aliphatic rings. The number of hydrogen-bond donors (Lipinski definition) is 2. The predicted octanol–water partition coefficient (Wildman–Crippen LogP) is 3.15. The molecule has 120 valence electrons. The van der Waals surface area contributed by atoms with Crippen LogP contribution in [0.15, 0.2) is 18.2 Å². The third kappa shape index (κ3) is 5.21. The first-order valence-electron chi connectivity index (χ1n) is 7.71. The summed E-state index contributed by atoms with van der Waals surface area (Å²) in [4.78, 5) is 0. The van der Waals surface area contributed by atoms with Crippen molar-refractivity contribution in [1.29, 1.82) is 0 Å². The third-order valence-corrected chi connectivity index (χ3v) is 3.75. The summed E-state index contributed by atoms with van der Waals surface area (Å²) in [6, 6.07) is 6.69. The van der Waals surface area contributed by atoms with Crippen LogP contribution in [0.1, 0.15) is 45.7 Å². The molecule has 1 aromatic rings. The molecule has 0 saturated heterocycles. The van der Waals surface area contributed by atoms with Crippen LogP contribution in [0.25, 0.3) is 0 Å². The first-order chi connectivity index (χ1) is 10.0. The van der Waals surface area contributed by atoms with Crippen LogP contribution in [0.2, 0.25) is 0 Å². The van der Waals surface area contributed by atoms with Crippen LogP contribution in [0.3, 0.4) is 0 Å². The molecule has 1 aromatic carbocycles. The summed E-state index contributed by atoms with van der Waals surface area (Å²) >= 11 is 0. The van der Waals surface area contributed by atoms with Crippen molar-refractivity contribution in [3.05, 3.63) is 23.8 Å². The maximum Gasteiger partial charge on any atom is 0.161 e. The molecule has 4 nitrogen and oxygen atoms in total.